The Morgan fingerprint density at radius 2 is 1.73 bits per heavy atom. The van der Waals surface area contributed by atoms with Gasteiger partial charge in [-0.15, -0.1) is 0 Å². The monoisotopic (exact) mass is 308 g/mol. The molecule has 0 saturated carbocycles. The summed E-state index contributed by atoms with van der Waals surface area (Å²) >= 11 is 0. The summed E-state index contributed by atoms with van der Waals surface area (Å²) in [6.45, 7) is 5.92. The lowest BCUT2D eigenvalue weighted by atomic mass is 9.91. The lowest BCUT2D eigenvalue weighted by Gasteiger charge is -2.25. The van der Waals surface area contributed by atoms with Crippen LogP contribution in [0.2, 0.25) is 0 Å². The van der Waals surface area contributed by atoms with Gasteiger partial charge in [-0.05, 0) is 31.0 Å². The van der Waals surface area contributed by atoms with E-state index in [-0.39, 0.29) is 5.92 Å². The number of carbonyl (C=O) groups is 1. The number of carbonyl (C=O) groups excluding carboxylic acids is 1. The maximum absolute atomic E-state index is 12.0. The molecule has 0 aliphatic carbocycles. The van der Waals surface area contributed by atoms with Gasteiger partial charge in [0.05, 0.1) is 13.7 Å². The van der Waals surface area contributed by atoms with Crippen molar-refractivity contribution in [3.8, 4) is 5.75 Å². The van der Waals surface area contributed by atoms with Crippen LogP contribution in [-0.4, -0.2) is 40.2 Å². The Hall–Kier alpha value is -1.85. The quantitative estimate of drug-likeness (QED) is 0.399. The summed E-state index contributed by atoms with van der Waals surface area (Å²) in [5.74, 6) is 0.0158. The maximum atomic E-state index is 12.0. The molecule has 0 fully saturated rings. The molecule has 0 saturated heterocycles. The van der Waals surface area contributed by atoms with Crippen LogP contribution in [0.5, 0.6) is 5.75 Å². The average Bonchev–Trinajstić information content (AvgIpc) is 2.55. The van der Waals surface area contributed by atoms with E-state index in [0.717, 1.165) is 11.3 Å². The standard InChI is InChI=1S/C17H24O5/c1-6-22-16(18)12(2)15(17(20-4)21-5)11-13-7-9-14(19-3)10-8-13/h7-10,15,17H,2,6,11H2,1,3-5H3/t15-/m0/s1. The molecule has 0 heterocycles. The minimum Gasteiger partial charge on any atom is -0.497 e. The topological polar surface area (TPSA) is 54.0 Å². The first kappa shape index (κ1) is 18.2. The fourth-order valence-corrected chi connectivity index (χ4v) is 2.20. The van der Waals surface area contributed by atoms with Crippen LogP contribution >= 0.6 is 0 Å². The molecule has 1 aromatic carbocycles. The Labute approximate surface area is 131 Å². The third kappa shape index (κ3) is 4.86. The van der Waals surface area contributed by atoms with Gasteiger partial charge in [0.25, 0.3) is 0 Å². The molecule has 122 valence electrons. The van der Waals surface area contributed by atoms with Gasteiger partial charge >= 0.3 is 5.97 Å². The summed E-state index contributed by atoms with van der Waals surface area (Å²) < 4.78 is 20.8. The van der Waals surface area contributed by atoms with Crippen LogP contribution in [0.4, 0.5) is 0 Å². The molecule has 0 aliphatic rings. The third-order valence-electron chi connectivity index (χ3n) is 3.39. The van der Waals surface area contributed by atoms with Crippen molar-refractivity contribution in [1.29, 1.82) is 0 Å². The third-order valence-corrected chi connectivity index (χ3v) is 3.39. The zero-order valence-corrected chi connectivity index (χ0v) is 13.6. The van der Waals surface area contributed by atoms with Crippen molar-refractivity contribution in [2.75, 3.05) is 27.9 Å². The first-order chi connectivity index (χ1) is 10.6. The molecule has 1 rings (SSSR count). The van der Waals surface area contributed by atoms with Crippen molar-refractivity contribution in [3.63, 3.8) is 0 Å². The van der Waals surface area contributed by atoms with Crippen molar-refractivity contribution in [2.45, 2.75) is 19.6 Å². The zero-order chi connectivity index (χ0) is 16.5. The molecule has 0 bridgehead atoms. The van der Waals surface area contributed by atoms with Crippen LogP contribution in [0.15, 0.2) is 36.4 Å². The minimum atomic E-state index is -0.570. The highest BCUT2D eigenvalue weighted by Gasteiger charge is 2.29. The van der Waals surface area contributed by atoms with Crippen molar-refractivity contribution in [2.24, 2.45) is 5.92 Å². The second-order valence-electron chi connectivity index (χ2n) is 4.74. The van der Waals surface area contributed by atoms with E-state index >= 15 is 0 Å². The summed E-state index contributed by atoms with van der Waals surface area (Å²) in [5.41, 5.74) is 1.36. The first-order valence-corrected chi connectivity index (χ1v) is 7.11. The van der Waals surface area contributed by atoms with Crippen LogP contribution in [0.1, 0.15) is 12.5 Å². The van der Waals surface area contributed by atoms with Crippen molar-refractivity contribution in [3.05, 3.63) is 42.0 Å². The summed E-state index contributed by atoms with van der Waals surface area (Å²) in [4.78, 5) is 12.0. The van der Waals surface area contributed by atoms with E-state index in [9.17, 15) is 4.79 Å². The van der Waals surface area contributed by atoms with E-state index in [0.29, 0.717) is 18.6 Å². The zero-order valence-electron chi connectivity index (χ0n) is 13.6. The van der Waals surface area contributed by atoms with Gasteiger partial charge in [-0.2, -0.15) is 0 Å². The number of esters is 1. The Balaban J connectivity index is 2.93. The molecule has 0 radical (unpaired) electrons. The minimum absolute atomic E-state index is 0.303. The highest BCUT2D eigenvalue weighted by Crippen LogP contribution is 2.24. The van der Waals surface area contributed by atoms with Crippen LogP contribution in [-0.2, 0) is 25.4 Å². The highest BCUT2D eigenvalue weighted by molar-refractivity contribution is 5.88. The van der Waals surface area contributed by atoms with Crippen molar-refractivity contribution < 1.29 is 23.7 Å². The fourth-order valence-electron chi connectivity index (χ4n) is 2.20. The summed E-state index contributed by atoms with van der Waals surface area (Å²) in [5, 5.41) is 0. The van der Waals surface area contributed by atoms with Gasteiger partial charge in [-0.25, -0.2) is 4.79 Å². The van der Waals surface area contributed by atoms with E-state index in [1.54, 1.807) is 14.0 Å². The van der Waals surface area contributed by atoms with E-state index in [4.69, 9.17) is 18.9 Å². The number of hydrogen-bond donors (Lipinski definition) is 0. The lowest BCUT2D eigenvalue weighted by molar-refractivity contribution is -0.148. The van der Waals surface area contributed by atoms with Gasteiger partial charge < -0.3 is 18.9 Å². The summed E-state index contributed by atoms with van der Waals surface area (Å²) in [6, 6.07) is 7.61. The molecule has 0 aromatic heterocycles. The first-order valence-electron chi connectivity index (χ1n) is 7.11. The lowest BCUT2D eigenvalue weighted by Crippen LogP contribution is -2.31. The smallest absolute Gasteiger partial charge is 0.333 e. The molecule has 1 atom stereocenters. The van der Waals surface area contributed by atoms with E-state index in [1.807, 2.05) is 24.3 Å². The van der Waals surface area contributed by atoms with Gasteiger partial charge in [0, 0.05) is 25.7 Å². The highest BCUT2D eigenvalue weighted by atomic mass is 16.7. The van der Waals surface area contributed by atoms with Gasteiger partial charge in [0.2, 0.25) is 0 Å². The van der Waals surface area contributed by atoms with E-state index in [2.05, 4.69) is 6.58 Å². The fraction of sp³-hybridized carbons (Fsp3) is 0.471. The number of benzene rings is 1. The number of ether oxygens (including phenoxy) is 4. The number of methoxy groups -OCH3 is 3. The SMILES string of the molecule is C=C(C(=O)OCC)[C@H](Cc1ccc(OC)cc1)C(OC)OC. The van der Waals surface area contributed by atoms with Gasteiger partial charge in [-0.3, -0.25) is 0 Å². The Morgan fingerprint density at radius 1 is 1.14 bits per heavy atom. The second kappa shape index (κ2) is 9.23. The van der Waals surface area contributed by atoms with E-state index < -0.39 is 12.3 Å². The predicted octanol–water partition coefficient (Wildman–Crippen LogP) is 2.59. The van der Waals surface area contributed by atoms with Crippen LogP contribution in [0.25, 0.3) is 0 Å². The molecule has 1 aromatic rings. The Morgan fingerprint density at radius 3 is 2.18 bits per heavy atom. The molecule has 0 aliphatic heterocycles. The molecule has 0 spiro atoms. The molecule has 22 heavy (non-hydrogen) atoms. The molecule has 5 heteroatoms. The predicted molar refractivity (Wildman–Crippen MR) is 83.8 cm³/mol. The Bertz CT molecular complexity index is 476. The van der Waals surface area contributed by atoms with Crippen molar-refractivity contribution >= 4 is 5.97 Å². The average molecular weight is 308 g/mol. The van der Waals surface area contributed by atoms with Crippen LogP contribution in [0.3, 0.4) is 0 Å². The van der Waals surface area contributed by atoms with Gasteiger partial charge in [0.1, 0.15) is 5.75 Å². The van der Waals surface area contributed by atoms with Crippen molar-refractivity contribution in [1.82, 2.24) is 0 Å². The summed E-state index contributed by atoms with van der Waals surface area (Å²) in [6.07, 6.45) is -0.0208. The molecule has 0 N–H and O–H groups in total. The molecular weight excluding hydrogens is 284 g/mol. The molecule has 0 unspecified atom stereocenters. The second-order valence-corrected chi connectivity index (χ2v) is 4.74. The number of rotatable bonds is 9. The molecule has 0 amide bonds. The molecular formula is C17H24O5. The van der Waals surface area contributed by atoms with Crippen LogP contribution < -0.4 is 4.74 Å². The number of hydrogen-bond acceptors (Lipinski definition) is 5. The van der Waals surface area contributed by atoms with E-state index in [1.165, 1.54) is 14.2 Å². The summed E-state index contributed by atoms with van der Waals surface area (Å²) in [7, 11) is 4.69. The van der Waals surface area contributed by atoms with Gasteiger partial charge in [0.15, 0.2) is 6.29 Å². The largest absolute Gasteiger partial charge is 0.497 e. The maximum Gasteiger partial charge on any atom is 0.333 e. The van der Waals surface area contributed by atoms with Crippen LogP contribution in [0, 0.1) is 5.92 Å². The Kier molecular flexibility index (Phi) is 7.63. The normalized spacial score (nSPS) is 12.0. The molecule has 5 nitrogen and oxygen atoms in total. The van der Waals surface area contributed by atoms with Gasteiger partial charge in [-0.1, -0.05) is 18.7 Å².